The largest absolute Gasteiger partial charge is 0.346 e. The SMILES string of the molecule is Cc1ccc(C)n1[C@@H]1C[C@H]2CCC[C@@]2(C(=O)N2CCc3ncc(F)cc3C2)C1. The van der Waals surface area contributed by atoms with E-state index in [4.69, 9.17) is 0 Å². The highest BCUT2D eigenvalue weighted by Gasteiger charge is 2.56. The third kappa shape index (κ3) is 2.62. The summed E-state index contributed by atoms with van der Waals surface area (Å²) < 4.78 is 16.1. The minimum absolute atomic E-state index is 0.230. The van der Waals surface area contributed by atoms with Gasteiger partial charge >= 0.3 is 0 Å². The van der Waals surface area contributed by atoms with Crippen LogP contribution in [0.1, 0.15) is 60.8 Å². The number of amides is 1. The Morgan fingerprint density at radius 1 is 1.29 bits per heavy atom. The lowest BCUT2D eigenvalue weighted by atomic mass is 9.78. The Morgan fingerprint density at radius 2 is 2.07 bits per heavy atom. The van der Waals surface area contributed by atoms with Gasteiger partial charge in [-0.1, -0.05) is 6.42 Å². The predicted molar refractivity (Wildman–Crippen MR) is 105 cm³/mol. The zero-order chi connectivity index (χ0) is 19.5. The fourth-order valence-corrected chi connectivity index (χ4v) is 6.30. The van der Waals surface area contributed by atoms with E-state index in [1.54, 1.807) is 6.07 Å². The second kappa shape index (κ2) is 6.43. The number of aryl methyl sites for hydroxylation is 2. The summed E-state index contributed by atoms with van der Waals surface area (Å²) in [4.78, 5) is 20.0. The van der Waals surface area contributed by atoms with E-state index < -0.39 is 0 Å². The van der Waals surface area contributed by atoms with Crippen LogP contribution in [0, 0.1) is 31.0 Å². The molecule has 1 aliphatic heterocycles. The number of hydrogen-bond donors (Lipinski definition) is 0. The van der Waals surface area contributed by atoms with Crippen molar-refractivity contribution in [1.82, 2.24) is 14.5 Å². The van der Waals surface area contributed by atoms with Gasteiger partial charge in [-0.25, -0.2) is 4.39 Å². The van der Waals surface area contributed by atoms with E-state index >= 15 is 0 Å². The quantitative estimate of drug-likeness (QED) is 0.776. The monoisotopic (exact) mass is 381 g/mol. The molecule has 0 bridgehead atoms. The predicted octanol–water partition coefficient (Wildman–Crippen LogP) is 4.35. The Hall–Kier alpha value is -2.17. The summed E-state index contributed by atoms with van der Waals surface area (Å²) in [5.41, 5.74) is 4.16. The van der Waals surface area contributed by atoms with Gasteiger partial charge in [0.25, 0.3) is 0 Å². The van der Waals surface area contributed by atoms with E-state index in [0.717, 1.165) is 49.8 Å². The Labute approximate surface area is 165 Å². The highest BCUT2D eigenvalue weighted by Crippen LogP contribution is 2.59. The van der Waals surface area contributed by atoms with E-state index in [1.807, 2.05) is 4.90 Å². The van der Waals surface area contributed by atoms with Crippen molar-refractivity contribution in [1.29, 1.82) is 0 Å². The molecular formula is C23H28FN3O. The van der Waals surface area contributed by atoms with E-state index in [9.17, 15) is 9.18 Å². The standard InChI is InChI=1S/C23H28FN3O/c1-15-5-6-16(2)27(15)20-11-18-4-3-8-23(18,12-20)22(28)26-9-7-21-17(14-26)10-19(24)13-25-21/h5-6,10,13,18,20H,3-4,7-9,11-12,14H2,1-2H3/t18-,20-,23-/m1/s1. The maximum absolute atomic E-state index is 13.8. The molecule has 0 aromatic carbocycles. The molecule has 4 nitrogen and oxygen atoms in total. The molecule has 2 aromatic heterocycles. The van der Waals surface area contributed by atoms with Crippen molar-refractivity contribution in [3.8, 4) is 0 Å². The molecule has 3 atom stereocenters. The molecule has 148 valence electrons. The lowest BCUT2D eigenvalue weighted by Gasteiger charge is -2.37. The summed E-state index contributed by atoms with van der Waals surface area (Å²) in [6.45, 7) is 5.53. The van der Waals surface area contributed by atoms with E-state index in [0.29, 0.717) is 31.0 Å². The van der Waals surface area contributed by atoms with E-state index in [2.05, 4.69) is 35.5 Å². The molecule has 5 rings (SSSR count). The molecule has 1 amide bonds. The lowest BCUT2D eigenvalue weighted by molar-refractivity contribution is -0.144. The fraction of sp³-hybridized carbons (Fsp3) is 0.565. The minimum Gasteiger partial charge on any atom is -0.346 e. The molecule has 3 aliphatic rings. The molecule has 0 spiro atoms. The third-order valence-electron chi connectivity index (χ3n) is 7.52. The number of fused-ring (bicyclic) bond motifs is 2. The van der Waals surface area contributed by atoms with Gasteiger partial charge in [-0.2, -0.15) is 0 Å². The van der Waals surface area contributed by atoms with Crippen molar-refractivity contribution in [2.45, 2.75) is 65.0 Å². The second-order valence-electron chi connectivity index (χ2n) is 9.06. The molecule has 2 aromatic rings. The molecule has 0 radical (unpaired) electrons. The van der Waals surface area contributed by atoms with Gasteiger partial charge in [0, 0.05) is 42.6 Å². The highest BCUT2D eigenvalue weighted by molar-refractivity contribution is 5.84. The minimum atomic E-state index is -0.315. The summed E-state index contributed by atoms with van der Waals surface area (Å²) in [6.07, 6.45) is 7.35. The van der Waals surface area contributed by atoms with Crippen LogP contribution in [0.4, 0.5) is 4.39 Å². The average Bonchev–Trinajstić information content (AvgIpc) is 3.33. The molecule has 5 heteroatoms. The molecule has 28 heavy (non-hydrogen) atoms. The van der Waals surface area contributed by atoms with Gasteiger partial charge in [-0.15, -0.1) is 0 Å². The van der Waals surface area contributed by atoms with Crippen LogP contribution < -0.4 is 0 Å². The summed E-state index contributed by atoms with van der Waals surface area (Å²) >= 11 is 0. The maximum Gasteiger partial charge on any atom is 0.229 e. The van der Waals surface area contributed by atoms with Gasteiger partial charge in [0.1, 0.15) is 5.82 Å². The van der Waals surface area contributed by atoms with Crippen molar-refractivity contribution in [3.63, 3.8) is 0 Å². The van der Waals surface area contributed by atoms with Gasteiger partial charge in [-0.3, -0.25) is 9.78 Å². The van der Waals surface area contributed by atoms with Crippen molar-refractivity contribution < 1.29 is 9.18 Å². The Kier molecular flexibility index (Phi) is 4.11. The maximum atomic E-state index is 13.8. The lowest BCUT2D eigenvalue weighted by Crippen LogP contribution is -2.46. The number of nitrogens with zero attached hydrogens (tertiary/aromatic N) is 3. The molecule has 0 saturated heterocycles. The van der Waals surface area contributed by atoms with Crippen LogP contribution in [0.25, 0.3) is 0 Å². The first-order valence-electron chi connectivity index (χ1n) is 10.5. The summed E-state index contributed by atoms with van der Waals surface area (Å²) in [6, 6.07) is 6.33. The third-order valence-corrected chi connectivity index (χ3v) is 7.52. The van der Waals surface area contributed by atoms with Gasteiger partial charge in [0.2, 0.25) is 5.91 Å². The van der Waals surface area contributed by atoms with Crippen LogP contribution in [0.3, 0.4) is 0 Å². The highest BCUT2D eigenvalue weighted by atomic mass is 19.1. The second-order valence-corrected chi connectivity index (χ2v) is 9.06. The van der Waals surface area contributed by atoms with Crippen LogP contribution in [-0.2, 0) is 17.8 Å². The first kappa shape index (κ1) is 17.9. The van der Waals surface area contributed by atoms with Gasteiger partial charge < -0.3 is 9.47 Å². The first-order chi connectivity index (χ1) is 13.5. The molecule has 2 fully saturated rings. The van der Waals surface area contributed by atoms with Gasteiger partial charge in [-0.05, 0) is 69.2 Å². The van der Waals surface area contributed by atoms with Crippen LogP contribution in [-0.4, -0.2) is 26.9 Å². The average molecular weight is 381 g/mol. The van der Waals surface area contributed by atoms with E-state index in [1.165, 1.54) is 17.6 Å². The molecule has 3 heterocycles. The Balaban J connectivity index is 1.42. The summed E-state index contributed by atoms with van der Waals surface area (Å²) in [5, 5.41) is 0. The molecular weight excluding hydrogens is 353 g/mol. The van der Waals surface area contributed by atoms with Crippen molar-refractivity contribution in [2.75, 3.05) is 6.54 Å². The zero-order valence-corrected chi connectivity index (χ0v) is 16.7. The van der Waals surface area contributed by atoms with Crippen LogP contribution >= 0.6 is 0 Å². The Bertz CT molecular complexity index is 916. The molecule has 0 unspecified atom stereocenters. The van der Waals surface area contributed by atoms with Crippen LogP contribution in [0.5, 0.6) is 0 Å². The van der Waals surface area contributed by atoms with Crippen molar-refractivity contribution >= 4 is 5.91 Å². The summed E-state index contributed by atoms with van der Waals surface area (Å²) in [5.74, 6) is 0.456. The normalized spacial score (nSPS) is 29.0. The number of halogens is 1. The number of carbonyl (C=O) groups excluding carboxylic acids is 1. The number of carbonyl (C=O) groups is 1. The number of rotatable bonds is 2. The molecule has 0 N–H and O–H groups in total. The van der Waals surface area contributed by atoms with Crippen molar-refractivity contribution in [3.05, 3.63) is 52.9 Å². The molecule has 2 aliphatic carbocycles. The number of pyridine rings is 1. The van der Waals surface area contributed by atoms with Crippen molar-refractivity contribution in [2.24, 2.45) is 11.3 Å². The number of aromatic nitrogens is 2. The van der Waals surface area contributed by atoms with Crippen LogP contribution in [0.2, 0.25) is 0 Å². The Morgan fingerprint density at radius 3 is 2.86 bits per heavy atom. The fourth-order valence-electron chi connectivity index (χ4n) is 6.30. The zero-order valence-electron chi connectivity index (χ0n) is 16.7. The topological polar surface area (TPSA) is 38.1 Å². The first-order valence-corrected chi connectivity index (χ1v) is 10.5. The van der Waals surface area contributed by atoms with Gasteiger partial charge in [0.15, 0.2) is 0 Å². The summed E-state index contributed by atoms with van der Waals surface area (Å²) in [7, 11) is 0. The smallest absolute Gasteiger partial charge is 0.229 e. The van der Waals surface area contributed by atoms with Crippen LogP contribution in [0.15, 0.2) is 24.4 Å². The van der Waals surface area contributed by atoms with E-state index in [-0.39, 0.29) is 11.2 Å². The van der Waals surface area contributed by atoms with Gasteiger partial charge in [0.05, 0.1) is 11.6 Å². The molecule has 2 saturated carbocycles. The number of hydrogen-bond acceptors (Lipinski definition) is 2.